The number of halogens is 2. The van der Waals surface area contributed by atoms with E-state index in [0.29, 0.717) is 20.8 Å². The van der Waals surface area contributed by atoms with Gasteiger partial charge in [-0.2, -0.15) is 0 Å². The minimum atomic E-state index is -0.286. The highest BCUT2D eigenvalue weighted by Gasteiger charge is 2.42. The molecule has 4 aromatic rings. The number of carbonyl (C=O) groups is 1. The number of anilines is 2. The third-order valence-corrected chi connectivity index (χ3v) is 7.71. The van der Waals surface area contributed by atoms with Crippen LogP contribution in [-0.4, -0.2) is 34.3 Å². The van der Waals surface area contributed by atoms with E-state index in [2.05, 4.69) is 45.0 Å². The van der Waals surface area contributed by atoms with Crippen LogP contribution in [0, 0.1) is 13.8 Å². The Morgan fingerprint density at radius 3 is 2.54 bits per heavy atom. The van der Waals surface area contributed by atoms with Crippen LogP contribution in [0.3, 0.4) is 0 Å². The molecule has 0 radical (unpaired) electrons. The van der Waals surface area contributed by atoms with E-state index in [9.17, 15) is 4.79 Å². The molecule has 39 heavy (non-hydrogen) atoms. The largest absolute Gasteiger partial charge is 0.375 e. The molecule has 200 valence electrons. The van der Waals surface area contributed by atoms with Crippen LogP contribution in [0.1, 0.15) is 34.7 Å². The van der Waals surface area contributed by atoms with Gasteiger partial charge in [0.25, 0.3) is 0 Å². The van der Waals surface area contributed by atoms with Gasteiger partial charge in [0.15, 0.2) is 5.11 Å². The van der Waals surface area contributed by atoms with Crippen molar-refractivity contribution in [2.75, 3.05) is 23.9 Å². The number of benzene rings is 2. The monoisotopic (exact) mass is 579 g/mol. The van der Waals surface area contributed by atoms with Gasteiger partial charge in [0.2, 0.25) is 5.91 Å². The normalized spacial score (nSPS) is 16.8. The SMILES string of the molecule is COCC(=O)Nc1ccc(N2C(=S)NC(c3ccccn3)C2c2cc(C)n(-c3ccccc3Cl)c2C)cc1Cl. The molecule has 2 aromatic carbocycles. The minimum absolute atomic E-state index is 0.0624. The van der Waals surface area contributed by atoms with Crippen LogP contribution in [0.2, 0.25) is 10.0 Å². The molecule has 10 heteroatoms. The fraction of sp³-hybridized carbons (Fsp3) is 0.207. The Hall–Kier alpha value is -3.43. The predicted octanol–water partition coefficient (Wildman–Crippen LogP) is 6.56. The topological polar surface area (TPSA) is 71.4 Å². The van der Waals surface area contributed by atoms with Crippen LogP contribution in [-0.2, 0) is 9.53 Å². The smallest absolute Gasteiger partial charge is 0.250 e. The number of amides is 1. The van der Waals surface area contributed by atoms with Gasteiger partial charge in [-0.3, -0.25) is 9.78 Å². The number of hydrogen-bond donors (Lipinski definition) is 2. The number of carbonyl (C=O) groups excluding carboxylic acids is 1. The Morgan fingerprint density at radius 2 is 1.85 bits per heavy atom. The molecule has 7 nitrogen and oxygen atoms in total. The highest BCUT2D eigenvalue weighted by Crippen LogP contribution is 2.45. The zero-order valence-corrected chi connectivity index (χ0v) is 23.9. The number of methoxy groups -OCH3 is 1. The van der Waals surface area contributed by atoms with Crippen molar-refractivity contribution in [3.8, 4) is 5.69 Å². The molecule has 2 aromatic heterocycles. The Morgan fingerprint density at radius 1 is 1.08 bits per heavy atom. The van der Waals surface area contributed by atoms with E-state index in [1.165, 1.54) is 7.11 Å². The molecule has 1 aliphatic rings. The second kappa shape index (κ2) is 11.4. The lowest BCUT2D eigenvalue weighted by Gasteiger charge is -2.28. The Bertz CT molecular complexity index is 1540. The van der Waals surface area contributed by atoms with Crippen LogP contribution in [0.4, 0.5) is 11.4 Å². The third kappa shape index (κ3) is 5.25. The zero-order valence-electron chi connectivity index (χ0n) is 21.6. The summed E-state index contributed by atoms with van der Waals surface area (Å²) in [6.45, 7) is 4.09. The summed E-state index contributed by atoms with van der Waals surface area (Å²) in [4.78, 5) is 18.8. The predicted molar refractivity (Wildman–Crippen MR) is 160 cm³/mol. The number of pyridine rings is 1. The first-order chi connectivity index (χ1) is 18.8. The second-order valence-electron chi connectivity index (χ2n) is 9.26. The average Bonchev–Trinajstić information content (AvgIpc) is 3.41. The summed E-state index contributed by atoms with van der Waals surface area (Å²) in [6.07, 6.45) is 1.78. The molecule has 5 rings (SSSR count). The van der Waals surface area contributed by atoms with E-state index < -0.39 is 0 Å². The van der Waals surface area contributed by atoms with Crippen molar-refractivity contribution in [2.24, 2.45) is 0 Å². The van der Waals surface area contributed by atoms with E-state index in [-0.39, 0.29) is 24.6 Å². The maximum Gasteiger partial charge on any atom is 0.250 e. The molecule has 0 spiro atoms. The average molecular weight is 581 g/mol. The van der Waals surface area contributed by atoms with E-state index in [1.54, 1.807) is 18.3 Å². The Kier molecular flexibility index (Phi) is 7.91. The summed E-state index contributed by atoms with van der Waals surface area (Å²) >= 11 is 19.1. The number of aromatic nitrogens is 2. The molecule has 1 aliphatic heterocycles. The zero-order chi connectivity index (χ0) is 27.7. The molecule has 2 atom stereocenters. The number of para-hydroxylation sites is 1. The maximum atomic E-state index is 12.1. The van der Waals surface area contributed by atoms with Crippen molar-refractivity contribution in [3.05, 3.63) is 106 Å². The number of rotatable bonds is 7. The van der Waals surface area contributed by atoms with Gasteiger partial charge in [-0.1, -0.05) is 41.4 Å². The maximum absolute atomic E-state index is 12.1. The van der Waals surface area contributed by atoms with Crippen molar-refractivity contribution in [1.29, 1.82) is 0 Å². The number of nitrogens with one attached hydrogen (secondary N) is 2. The lowest BCUT2D eigenvalue weighted by Crippen LogP contribution is -2.29. The first kappa shape index (κ1) is 27.1. The van der Waals surface area contributed by atoms with E-state index in [4.69, 9.17) is 40.2 Å². The quantitative estimate of drug-likeness (QED) is 0.242. The first-order valence-electron chi connectivity index (χ1n) is 12.3. The van der Waals surface area contributed by atoms with Crippen molar-refractivity contribution in [3.63, 3.8) is 0 Å². The standard InChI is InChI=1S/C29H27Cl2N5O2S/c1-17-14-20(18(2)35(17)25-10-5-4-8-21(25)30)28-27(24-9-6-7-13-32-24)34-29(39)36(28)19-11-12-23(22(31)15-19)33-26(37)16-38-3/h4-15,27-28H,16H2,1-3H3,(H,33,37)(H,34,39). The fourth-order valence-corrected chi connectivity index (χ4v) is 5.90. The summed E-state index contributed by atoms with van der Waals surface area (Å²) in [5.41, 5.74) is 6.21. The molecule has 0 saturated carbocycles. The number of nitrogens with zero attached hydrogens (tertiary/aromatic N) is 3. The molecular formula is C29H27Cl2N5O2S. The first-order valence-corrected chi connectivity index (χ1v) is 13.5. The summed E-state index contributed by atoms with van der Waals surface area (Å²) in [5, 5.41) is 7.87. The fourth-order valence-electron chi connectivity index (χ4n) is 5.11. The van der Waals surface area contributed by atoms with Crippen LogP contribution >= 0.6 is 35.4 Å². The van der Waals surface area contributed by atoms with Gasteiger partial charge in [0.1, 0.15) is 6.61 Å². The van der Waals surface area contributed by atoms with E-state index in [0.717, 1.165) is 34.0 Å². The minimum Gasteiger partial charge on any atom is -0.375 e. The van der Waals surface area contributed by atoms with Crippen molar-refractivity contribution in [2.45, 2.75) is 25.9 Å². The van der Waals surface area contributed by atoms with Gasteiger partial charge >= 0.3 is 0 Å². The van der Waals surface area contributed by atoms with Crippen molar-refractivity contribution in [1.82, 2.24) is 14.9 Å². The van der Waals surface area contributed by atoms with Crippen LogP contribution in [0.15, 0.2) is 72.9 Å². The molecule has 1 saturated heterocycles. The Balaban J connectivity index is 1.62. The summed E-state index contributed by atoms with van der Waals surface area (Å²) in [6, 6.07) is 20.8. The lowest BCUT2D eigenvalue weighted by molar-refractivity contribution is -0.119. The van der Waals surface area contributed by atoms with Crippen molar-refractivity contribution < 1.29 is 9.53 Å². The molecule has 1 fully saturated rings. The third-order valence-electron chi connectivity index (χ3n) is 6.76. The molecule has 1 amide bonds. The summed E-state index contributed by atoms with van der Waals surface area (Å²) in [5.74, 6) is -0.286. The van der Waals surface area contributed by atoms with Gasteiger partial charge in [-0.15, -0.1) is 0 Å². The van der Waals surface area contributed by atoms with Crippen LogP contribution in [0.5, 0.6) is 0 Å². The number of hydrogen-bond acceptors (Lipinski definition) is 4. The van der Waals surface area contributed by atoms with Gasteiger partial charge in [0.05, 0.1) is 39.2 Å². The van der Waals surface area contributed by atoms with Crippen LogP contribution in [0.25, 0.3) is 5.69 Å². The number of ether oxygens (including phenoxy) is 1. The van der Waals surface area contributed by atoms with Gasteiger partial charge < -0.3 is 24.8 Å². The highest BCUT2D eigenvalue weighted by molar-refractivity contribution is 7.80. The number of aryl methyl sites for hydroxylation is 1. The highest BCUT2D eigenvalue weighted by atomic mass is 35.5. The van der Waals surface area contributed by atoms with Gasteiger partial charge in [-0.05, 0) is 80.2 Å². The van der Waals surface area contributed by atoms with E-state index >= 15 is 0 Å². The molecule has 3 heterocycles. The van der Waals surface area contributed by atoms with Gasteiger partial charge in [0, 0.05) is 30.4 Å². The molecule has 2 unspecified atom stereocenters. The molecule has 0 aliphatic carbocycles. The second-order valence-corrected chi connectivity index (χ2v) is 10.5. The van der Waals surface area contributed by atoms with E-state index in [1.807, 2.05) is 48.5 Å². The molecular weight excluding hydrogens is 553 g/mol. The Labute approximate surface area is 242 Å². The number of thiocarbonyl (C=S) groups is 1. The van der Waals surface area contributed by atoms with Crippen molar-refractivity contribution >= 4 is 57.8 Å². The lowest BCUT2D eigenvalue weighted by atomic mass is 9.96. The van der Waals surface area contributed by atoms with Gasteiger partial charge in [-0.25, -0.2) is 0 Å². The summed E-state index contributed by atoms with van der Waals surface area (Å²) < 4.78 is 7.07. The van der Waals surface area contributed by atoms with Crippen LogP contribution < -0.4 is 15.5 Å². The summed E-state index contributed by atoms with van der Waals surface area (Å²) in [7, 11) is 1.46. The molecule has 0 bridgehead atoms. The molecule has 2 N–H and O–H groups in total.